The number of non-ortho nitro benzene ring substituents is 2. The standard InChI is InChI=1S/C18H10N4O5/c19-10-16-15(11-3-1-5-13(7-11)21(24)25)9-17(20-18(16)23)12-4-2-6-14(8-12)22(26)27/h1-9H,(H,20,23). The number of rotatable bonds is 4. The van der Waals surface area contributed by atoms with Crippen molar-refractivity contribution in [3.05, 3.63) is 90.7 Å². The summed E-state index contributed by atoms with van der Waals surface area (Å²) < 4.78 is 0. The molecule has 1 N–H and O–H groups in total. The normalized spacial score (nSPS) is 10.2. The van der Waals surface area contributed by atoms with Crippen molar-refractivity contribution >= 4 is 11.4 Å². The van der Waals surface area contributed by atoms with E-state index in [1.165, 1.54) is 42.5 Å². The summed E-state index contributed by atoms with van der Waals surface area (Å²) in [6.45, 7) is 0. The summed E-state index contributed by atoms with van der Waals surface area (Å²) in [5.41, 5.74) is -0.0949. The van der Waals surface area contributed by atoms with E-state index in [9.17, 15) is 30.3 Å². The van der Waals surface area contributed by atoms with Crippen LogP contribution in [-0.2, 0) is 0 Å². The Morgan fingerprint density at radius 3 is 2.00 bits per heavy atom. The Hall–Kier alpha value is -4.32. The van der Waals surface area contributed by atoms with Crippen LogP contribution >= 0.6 is 0 Å². The molecule has 9 nitrogen and oxygen atoms in total. The van der Waals surface area contributed by atoms with Gasteiger partial charge in [0.25, 0.3) is 16.9 Å². The number of aromatic nitrogens is 1. The van der Waals surface area contributed by atoms with E-state index in [0.29, 0.717) is 11.1 Å². The number of nitrogens with one attached hydrogen (secondary N) is 1. The fourth-order valence-corrected chi connectivity index (χ4v) is 2.63. The molecule has 0 unspecified atom stereocenters. The van der Waals surface area contributed by atoms with E-state index in [1.807, 2.05) is 0 Å². The van der Waals surface area contributed by atoms with Crippen LogP contribution in [0, 0.1) is 31.6 Å². The maximum Gasteiger partial charge on any atom is 0.270 e. The zero-order valence-electron chi connectivity index (χ0n) is 13.6. The zero-order chi connectivity index (χ0) is 19.6. The van der Waals surface area contributed by atoms with Crippen molar-refractivity contribution < 1.29 is 9.85 Å². The van der Waals surface area contributed by atoms with Crippen molar-refractivity contribution in [2.75, 3.05) is 0 Å². The highest BCUT2D eigenvalue weighted by atomic mass is 16.6. The number of nitro benzene ring substituents is 2. The van der Waals surface area contributed by atoms with Crippen LogP contribution < -0.4 is 5.56 Å². The van der Waals surface area contributed by atoms with E-state index in [1.54, 1.807) is 18.2 Å². The number of pyridine rings is 1. The van der Waals surface area contributed by atoms with Crippen LogP contribution in [0.4, 0.5) is 11.4 Å². The van der Waals surface area contributed by atoms with Crippen LogP contribution in [0.3, 0.4) is 0 Å². The van der Waals surface area contributed by atoms with Gasteiger partial charge in [-0.25, -0.2) is 0 Å². The first-order valence-corrected chi connectivity index (χ1v) is 7.58. The van der Waals surface area contributed by atoms with Crippen LogP contribution in [-0.4, -0.2) is 14.8 Å². The molecule has 0 saturated heterocycles. The summed E-state index contributed by atoms with van der Waals surface area (Å²) in [6.07, 6.45) is 0. The van der Waals surface area contributed by atoms with Crippen molar-refractivity contribution in [2.45, 2.75) is 0 Å². The van der Waals surface area contributed by atoms with Gasteiger partial charge in [0.15, 0.2) is 0 Å². The quantitative estimate of drug-likeness (QED) is 0.556. The van der Waals surface area contributed by atoms with Crippen molar-refractivity contribution in [3.8, 4) is 28.5 Å². The van der Waals surface area contributed by atoms with Crippen molar-refractivity contribution in [1.29, 1.82) is 5.26 Å². The van der Waals surface area contributed by atoms with Gasteiger partial charge in [0.1, 0.15) is 11.6 Å². The van der Waals surface area contributed by atoms with Crippen molar-refractivity contribution in [2.24, 2.45) is 0 Å². The Kier molecular flexibility index (Phi) is 4.47. The monoisotopic (exact) mass is 362 g/mol. The molecule has 1 heterocycles. The van der Waals surface area contributed by atoms with E-state index in [-0.39, 0.29) is 28.2 Å². The number of nitriles is 1. The molecule has 0 spiro atoms. The van der Waals surface area contributed by atoms with Gasteiger partial charge >= 0.3 is 0 Å². The van der Waals surface area contributed by atoms with E-state index in [2.05, 4.69) is 4.98 Å². The zero-order valence-corrected chi connectivity index (χ0v) is 13.6. The topological polar surface area (TPSA) is 143 Å². The SMILES string of the molecule is N#Cc1c(-c2cccc([N+](=O)[O-])c2)cc(-c2cccc([N+](=O)[O-])c2)[nH]c1=O. The fraction of sp³-hybridized carbons (Fsp3) is 0. The van der Waals surface area contributed by atoms with Gasteiger partial charge in [-0.3, -0.25) is 25.0 Å². The number of hydrogen-bond donors (Lipinski definition) is 1. The third-order valence-electron chi connectivity index (χ3n) is 3.88. The first kappa shape index (κ1) is 17.5. The van der Waals surface area contributed by atoms with Crippen LogP contribution in [0.5, 0.6) is 0 Å². The van der Waals surface area contributed by atoms with Gasteiger partial charge in [-0.1, -0.05) is 24.3 Å². The van der Waals surface area contributed by atoms with Crippen LogP contribution in [0.2, 0.25) is 0 Å². The molecule has 3 rings (SSSR count). The number of nitrogens with zero attached hydrogens (tertiary/aromatic N) is 3. The maximum absolute atomic E-state index is 12.3. The third kappa shape index (κ3) is 3.40. The number of hydrogen-bond acceptors (Lipinski definition) is 6. The molecule has 132 valence electrons. The van der Waals surface area contributed by atoms with Gasteiger partial charge < -0.3 is 4.98 Å². The lowest BCUT2D eigenvalue weighted by molar-refractivity contribution is -0.385. The van der Waals surface area contributed by atoms with Gasteiger partial charge in [0, 0.05) is 41.1 Å². The Morgan fingerprint density at radius 2 is 1.44 bits per heavy atom. The molecule has 3 aromatic rings. The first-order chi connectivity index (χ1) is 12.9. The number of nitro groups is 2. The van der Waals surface area contributed by atoms with Crippen molar-refractivity contribution in [1.82, 2.24) is 4.98 Å². The van der Waals surface area contributed by atoms with Crippen LogP contribution in [0.15, 0.2) is 59.4 Å². The molecule has 0 amide bonds. The molecule has 2 aromatic carbocycles. The Labute approximate surface area is 151 Å². The minimum absolute atomic E-state index is 0.158. The molecule has 0 aliphatic rings. The largest absolute Gasteiger partial charge is 0.321 e. The molecule has 0 fully saturated rings. The number of H-pyrrole nitrogens is 1. The molecule has 1 aromatic heterocycles. The molecule has 0 aliphatic heterocycles. The van der Waals surface area contributed by atoms with Gasteiger partial charge in [-0.05, 0) is 11.6 Å². The predicted octanol–water partition coefficient (Wildman–Crippen LogP) is 3.40. The summed E-state index contributed by atoms with van der Waals surface area (Å²) in [5.74, 6) is 0. The summed E-state index contributed by atoms with van der Waals surface area (Å²) >= 11 is 0. The smallest absolute Gasteiger partial charge is 0.270 e. The predicted molar refractivity (Wildman–Crippen MR) is 96.0 cm³/mol. The van der Waals surface area contributed by atoms with Crippen LogP contribution in [0.1, 0.15) is 5.56 Å². The molecule has 9 heteroatoms. The lowest BCUT2D eigenvalue weighted by Gasteiger charge is -2.08. The average Bonchev–Trinajstić information content (AvgIpc) is 2.67. The highest BCUT2D eigenvalue weighted by Crippen LogP contribution is 2.29. The molecule has 27 heavy (non-hydrogen) atoms. The fourth-order valence-electron chi connectivity index (χ4n) is 2.63. The molecular weight excluding hydrogens is 352 g/mol. The van der Waals surface area contributed by atoms with Gasteiger partial charge in [0.05, 0.1) is 9.85 Å². The minimum atomic E-state index is -0.692. The second kappa shape index (κ2) is 6.89. The highest BCUT2D eigenvalue weighted by Gasteiger charge is 2.16. The van der Waals surface area contributed by atoms with E-state index in [0.717, 1.165) is 0 Å². The molecular formula is C18H10N4O5. The molecule has 0 aliphatic carbocycles. The lowest BCUT2D eigenvalue weighted by Crippen LogP contribution is -2.12. The van der Waals surface area contributed by atoms with Crippen LogP contribution in [0.25, 0.3) is 22.4 Å². The summed E-state index contributed by atoms with van der Waals surface area (Å²) in [6, 6.07) is 14.4. The molecule has 0 saturated carbocycles. The van der Waals surface area contributed by atoms with Gasteiger partial charge in [-0.15, -0.1) is 0 Å². The van der Waals surface area contributed by atoms with Crippen molar-refractivity contribution in [3.63, 3.8) is 0 Å². The number of benzene rings is 2. The number of aromatic amines is 1. The van der Waals surface area contributed by atoms with Gasteiger partial charge in [-0.2, -0.15) is 5.26 Å². The Bertz CT molecular complexity index is 1180. The van der Waals surface area contributed by atoms with E-state index in [4.69, 9.17) is 0 Å². The summed E-state index contributed by atoms with van der Waals surface area (Å²) in [7, 11) is 0. The molecule has 0 bridgehead atoms. The average molecular weight is 362 g/mol. The second-order valence-electron chi connectivity index (χ2n) is 5.53. The molecule has 0 radical (unpaired) electrons. The first-order valence-electron chi connectivity index (χ1n) is 7.58. The Morgan fingerprint density at radius 1 is 0.889 bits per heavy atom. The van der Waals surface area contributed by atoms with E-state index < -0.39 is 15.4 Å². The lowest BCUT2D eigenvalue weighted by atomic mass is 9.98. The minimum Gasteiger partial charge on any atom is -0.321 e. The highest BCUT2D eigenvalue weighted by molar-refractivity contribution is 5.76. The Balaban J connectivity index is 2.24. The van der Waals surface area contributed by atoms with E-state index >= 15 is 0 Å². The molecule has 0 atom stereocenters. The summed E-state index contributed by atoms with van der Waals surface area (Å²) in [4.78, 5) is 35.7. The summed E-state index contributed by atoms with van der Waals surface area (Å²) in [5, 5.41) is 31.3. The maximum atomic E-state index is 12.3. The van der Waals surface area contributed by atoms with Gasteiger partial charge in [0.2, 0.25) is 0 Å². The second-order valence-corrected chi connectivity index (χ2v) is 5.53. The third-order valence-corrected chi connectivity index (χ3v) is 3.88.